The molecule has 0 unspecified atom stereocenters. The standard InChI is InChI=1S/C82H98N2O4/c1-5-9-13-17-21-25-29-43-59(44-30-26-22-18-14-10-6-2)83-79(85)67-53-51-65-74-70(64-50-38-42-58-40-34-36-48-62(58)64)56-72-76-68(80(86)84(82(72)88)60(45-31-27-23-19-15-11-7-3)46-32-28-24-20-16-12-8-4)54-52-66(78(74)76)73-69(55-71(81(83)87)75(67)77(65)73)63-49-37-41-57-39-33-35-47-61(57)63/h33-42,47-56,59-60H,5-32,43-46H2,1-4H3. The number of nitrogens with zero attached hydrogens (tertiary/aromatic N) is 2. The molecule has 6 heteroatoms. The molecule has 0 fully saturated rings. The van der Waals surface area contributed by atoms with Gasteiger partial charge in [-0.2, -0.15) is 0 Å². The van der Waals surface area contributed by atoms with Crippen LogP contribution in [0.4, 0.5) is 0 Å². The van der Waals surface area contributed by atoms with Crippen LogP contribution in [0.3, 0.4) is 0 Å². The molecule has 2 aliphatic rings. The lowest BCUT2D eigenvalue weighted by molar-refractivity contribution is 0.0501. The molecule has 9 aromatic rings. The summed E-state index contributed by atoms with van der Waals surface area (Å²) in [4.78, 5) is 67.2. The second-order valence-corrected chi connectivity index (χ2v) is 26.5. The van der Waals surface area contributed by atoms with Crippen molar-refractivity contribution in [1.82, 2.24) is 9.80 Å². The van der Waals surface area contributed by atoms with Crippen LogP contribution in [0.5, 0.6) is 0 Å². The Morgan fingerprint density at radius 2 is 0.545 bits per heavy atom. The average molecular weight is 1180 g/mol. The van der Waals surface area contributed by atoms with Gasteiger partial charge in [-0.25, -0.2) is 0 Å². The Labute approximate surface area is 525 Å². The molecule has 460 valence electrons. The Morgan fingerprint density at radius 3 is 0.886 bits per heavy atom. The first kappa shape index (κ1) is 62.7. The van der Waals surface area contributed by atoms with Crippen molar-refractivity contribution < 1.29 is 19.2 Å². The minimum Gasteiger partial charge on any atom is -0.271 e. The highest BCUT2D eigenvalue weighted by Gasteiger charge is 2.42. The topological polar surface area (TPSA) is 74.8 Å². The molecule has 0 atom stereocenters. The van der Waals surface area contributed by atoms with Gasteiger partial charge in [-0.3, -0.25) is 29.0 Å². The van der Waals surface area contributed by atoms with E-state index in [0.29, 0.717) is 33.0 Å². The summed E-state index contributed by atoms with van der Waals surface area (Å²) >= 11 is 0. The van der Waals surface area contributed by atoms with Crippen molar-refractivity contribution in [3.63, 3.8) is 0 Å². The zero-order chi connectivity index (χ0) is 60.9. The number of hydrogen-bond donors (Lipinski definition) is 0. The molecule has 0 spiro atoms. The minimum absolute atomic E-state index is 0.201. The molecule has 0 radical (unpaired) electrons. The predicted molar refractivity (Wildman–Crippen MR) is 373 cm³/mol. The first-order valence-corrected chi connectivity index (χ1v) is 35.3. The molecule has 0 bridgehead atoms. The summed E-state index contributed by atoms with van der Waals surface area (Å²) in [5, 5.41) is 11.2. The minimum atomic E-state index is -0.210. The van der Waals surface area contributed by atoms with E-state index in [-0.39, 0.29) is 35.7 Å². The molecule has 4 amide bonds. The highest BCUT2D eigenvalue weighted by Crippen LogP contribution is 2.53. The number of fused-ring (bicyclic) bond motifs is 4. The van der Waals surface area contributed by atoms with Gasteiger partial charge in [0, 0.05) is 45.1 Å². The zero-order valence-corrected chi connectivity index (χ0v) is 53.9. The maximum Gasteiger partial charge on any atom is 0.261 e. The molecule has 2 heterocycles. The molecule has 88 heavy (non-hydrogen) atoms. The van der Waals surface area contributed by atoms with Crippen LogP contribution in [0.2, 0.25) is 0 Å². The molecule has 6 nitrogen and oxygen atoms in total. The van der Waals surface area contributed by atoms with Crippen molar-refractivity contribution in [3.8, 4) is 22.3 Å². The average Bonchev–Trinajstić information content (AvgIpc) is 0.685. The van der Waals surface area contributed by atoms with E-state index < -0.39 is 0 Å². The molecular formula is C82H98N2O4. The Morgan fingerprint density at radius 1 is 0.250 bits per heavy atom. The molecule has 0 N–H and O–H groups in total. The summed E-state index contributed by atoms with van der Waals surface area (Å²) < 4.78 is 0. The maximum atomic E-state index is 16.1. The van der Waals surface area contributed by atoms with Gasteiger partial charge in [0.1, 0.15) is 0 Å². The van der Waals surface area contributed by atoms with Gasteiger partial charge in [-0.05, 0) is 126 Å². The van der Waals surface area contributed by atoms with Crippen molar-refractivity contribution >= 4 is 88.3 Å². The van der Waals surface area contributed by atoms with Crippen LogP contribution >= 0.6 is 0 Å². The Hall–Kier alpha value is -6.92. The Balaban J connectivity index is 1.11. The monoisotopic (exact) mass is 1170 g/mol. The van der Waals surface area contributed by atoms with Gasteiger partial charge in [0.05, 0.1) is 0 Å². The lowest BCUT2D eigenvalue weighted by Crippen LogP contribution is -2.47. The molecule has 9 aromatic carbocycles. The predicted octanol–water partition coefficient (Wildman–Crippen LogP) is 23.9. The van der Waals surface area contributed by atoms with Crippen molar-refractivity contribution in [2.75, 3.05) is 0 Å². The van der Waals surface area contributed by atoms with Gasteiger partial charge < -0.3 is 0 Å². The van der Waals surface area contributed by atoms with Gasteiger partial charge in [0.2, 0.25) is 0 Å². The fraction of sp³-hybridized carbons (Fsp3) is 0.463. The number of unbranched alkanes of at least 4 members (excludes halogenated alkanes) is 24. The van der Waals surface area contributed by atoms with Gasteiger partial charge in [0.15, 0.2) is 0 Å². The number of rotatable bonds is 36. The van der Waals surface area contributed by atoms with E-state index in [1.54, 1.807) is 9.80 Å². The van der Waals surface area contributed by atoms with Crippen LogP contribution in [0.15, 0.2) is 121 Å². The summed E-state index contributed by atoms with van der Waals surface area (Å²) in [5.74, 6) is -0.814. The number of hydrogen-bond acceptors (Lipinski definition) is 4. The van der Waals surface area contributed by atoms with E-state index in [4.69, 9.17) is 0 Å². The van der Waals surface area contributed by atoms with Crippen molar-refractivity contribution in [3.05, 3.63) is 144 Å². The van der Waals surface area contributed by atoms with Gasteiger partial charge >= 0.3 is 0 Å². The fourth-order valence-electron chi connectivity index (χ4n) is 15.7. The number of carbonyl (C=O) groups excluding carboxylic acids is 4. The number of carbonyl (C=O) groups is 4. The van der Waals surface area contributed by atoms with Crippen molar-refractivity contribution in [2.24, 2.45) is 0 Å². The summed E-state index contributed by atoms with van der Waals surface area (Å²) in [5.41, 5.74) is 6.08. The van der Waals surface area contributed by atoms with E-state index in [0.717, 1.165) is 153 Å². The summed E-state index contributed by atoms with van der Waals surface area (Å²) in [6.07, 6.45) is 36.0. The summed E-state index contributed by atoms with van der Waals surface area (Å²) in [6, 6.07) is 42.0. The lowest BCUT2D eigenvalue weighted by atomic mass is 9.77. The first-order chi connectivity index (χ1) is 43.3. The zero-order valence-electron chi connectivity index (χ0n) is 53.9. The second-order valence-electron chi connectivity index (χ2n) is 26.5. The van der Waals surface area contributed by atoms with Gasteiger partial charge in [0.25, 0.3) is 23.6 Å². The smallest absolute Gasteiger partial charge is 0.261 e. The third-order valence-corrected chi connectivity index (χ3v) is 20.4. The SMILES string of the molecule is CCCCCCCCCC(CCCCCCCCC)N1C(=O)c2ccc3c4c(-c5cccc6ccccc56)cc5c6c(ccc(c7c(-c8cccc9ccccc89)cc(c2c37)C1=O)c64)C(=O)N(C(CCCCCCCCC)CCCCCCCCC)C5=O. The van der Waals surface area contributed by atoms with Crippen LogP contribution in [0, 0.1) is 0 Å². The summed E-state index contributed by atoms with van der Waals surface area (Å²) in [7, 11) is 0. The van der Waals surface area contributed by atoms with E-state index in [1.807, 2.05) is 12.1 Å². The summed E-state index contributed by atoms with van der Waals surface area (Å²) in [6.45, 7) is 9.04. The highest BCUT2D eigenvalue weighted by molar-refractivity contribution is 6.45. The maximum absolute atomic E-state index is 16.1. The fourth-order valence-corrected chi connectivity index (χ4v) is 15.7. The van der Waals surface area contributed by atoms with Crippen molar-refractivity contribution in [1.29, 1.82) is 0 Å². The van der Waals surface area contributed by atoms with E-state index in [2.05, 4.69) is 137 Å². The van der Waals surface area contributed by atoms with Crippen LogP contribution in [0.1, 0.15) is 275 Å². The van der Waals surface area contributed by atoms with E-state index in [9.17, 15) is 0 Å². The molecule has 0 aromatic heterocycles. The third-order valence-electron chi connectivity index (χ3n) is 20.4. The lowest BCUT2D eigenvalue weighted by Gasteiger charge is -2.36. The van der Waals surface area contributed by atoms with E-state index in [1.165, 1.54) is 128 Å². The van der Waals surface area contributed by atoms with E-state index >= 15 is 19.2 Å². The Kier molecular flexibility index (Phi) is 21.4. The largest absolute Gasteiger partial charge is 0.271 e. The van der Waals surface area contributed by atoms with Crippen LogP contribution in [-0.2, 0) is 0 Å². The Bertz CT molecular complexity index is 3610. The first-order valence-electron chi connectivity index (χ1n) is 35.3. The number of benzene rings is 9. The van der Waals surface area contributed by atoms with Gasteiger partial charge in [-0.15, -0.1) is 0 Å². The molecule has 11 rings (SSSR count). The highest BCUT2D eigenvalue weighted by atomic mass is 16.2. The quantitative estimate of drug-likeness (QED) is 0.0170. The van der Waals surface area contributed by atoms with Crippen LogP contribution in [-0.4, -0.2) is 45.5 Å². The third kappa shape index (κ3) is 12.9. The second kappa shape index (κ2) is 30.1. The molecule has 2 aliphatic heterocycles. The molecule has 0 saturated heterocycles. The number of imide groups is 2. The number of amides is 4. The molecule has 0 aliphatic carbocycles. The normalized spacial score (nSPS) is 13.6. The van der Waals surface area contributed by atoms with Crippen LogP contribution in [0.25, 0.3) is 86.9 Å². The van der Waals surface area contributed by atoms with Crippen LogP contribution < -0.4 is 0 Å². The molecule has 0 saturated carbocycles. The molecular weight excluding hydrogens is 1080 g/mol. The van der Waals surface area contributed by atoms with Crippen molar-refractivity contribution in [2.45, 2.75) is 245 Å². The van der Waals surface area contributed by atoms with Gasteiger partial charge in [-0.1, -0.05) is 305 Å².